The van der Waals surface area contributed by atoms with Gasteiger partial charge in [-0.25, -0.2) is 5.01 Å². The number of hydrogen-bond acceptors (Lipinski definition) is 4. The molecule has 0 fully saturated rings. The Bertz CT molecular complexity index is 445. The first-order valence-electron chi connectivity index (χ1n) is 6.16. The molecular weight excluding hydrogens is 244 g/mol. The van der Waals surface area contributed by atoms with Crippen LogP contribution in [0.1, 0.15) is 17.5 Å². The molecule has 0 atom stereocenters. The number of ether oxygens (including phenoxy) is 2. The molecule has 1 amide bonds. The van der Waals surface area contributed by atoms with Gasteiger partial charge >= 0.3 is 0 Å². The summed E-state index contributed by atoms with van der Waals surface area (Å²) in [6, 6.07) is 3.79. The summed E-state index contributed by atoms with van der Waals surface area (Å²) in [7, 11) is 6.82. The SMILES string of the molecule is COc1cc(C)c(CCC(=O)NN(C)C)c(OC)c1. The number of aryl methyl sites for hydroxylation is 1. The zero-order valence-electron chi connectivity index (χ0n) is 12.2. The molecule has 106 valence electrons. The predicted molar refractivity (Wildman–Crippen MR) is 74.4 cm³/mol. The van der Waals surface area contributed by atoms with Gasteiger partial charge in [0, 0.05) is 26.6 Å². The topological polar surface area (TPSA) is 50.8 Å². The minimum Gasteiger partial charge on any atom is -0.497 e. The molecule has 0 heterocycles. The maximum absolute atomic E-state index is 11.6. The molecule has 0 aromatic heterocycles. The van der Waals surface area contributed by atoms with Crippen LogP contribution in [0.4, 0.5) is 0 Å². The van der Waals surface area contributed by atoms with Gasteiger partial charge < -0.3 is 9.47 Å². The molecule has 0 saturated carbocycles. The van der Waals surface area contributed by atoms with Crippen LogP contribution in [-0.2, 0) is 11.2 Å². The Morgan fingerprint density at radius 2 is 1.95 bits per heavy atom. The third-order valence-corrected chi connectivity index (χ3v) is 2.81. The summed E-state index contributed by atoms with van der Waals surface area (Å²) in [5.74, 6) is 1.51. The number of amides is 1. The molecule has 0 aliphatic rings. The van der Waals surface area contributed by atoms with Gasteiger partial charge in [-0.15, -0.1) is 0 Å². The molecule has 1 N–H and O–H groups in total. The highest BCUT2D eigenvalue weighted by Crippen LogP contribution is 2.29. The Balaban J connectivity index is 2.80. The molecule has 0 aliphatic carbocycles. The molecule has 0 saturated heterocycles. The van der Waals surface area contributed by atoms with E-state index in [1.165, 1.54) is 0 Å². The van der Waals surface area contributed by atoms with Crippen LogP contribution in [-0.4, -0.2) is 39.2 Å². The number of nitrogens with one attached hydrogen (secondary N) is 1. The molecule has 0 aliphatic heterocycles. The third-order valence-electron chi connectivity index (χ3n) is 2.81. The molecule has 1 aromatic rings. The number of carbonyl (C=O) groups is 1. The highest BCUT2D eigenvalue weighted by atomic mass is 16.5. The first-order valence-corrected chi connectivity index (χ1v) is 6.16. The van der Waals surface area contributed by atoms with Crippen molar-refractivity contribution in [2.24, 2.45) is 0 Å². The second-order valence-corrected chi connectivity index (χ2v) is 4.55. The Labute approximate surface area is 114 Å². The smallest absolute Gasteiger partial charge is 0.234 e. The summed E-state index contributed by atoms with van der Waals surface area (Å²) >= 11 is 0. The second-order valence-electron chi connectivity index (χ2n) is 4.55. The van der Waals surface area contributed by atoms with Gasteiger partial charge in [0.1, 0.15) is 11.5 Å². The van der Waals surface area contributed by atoms with Crippen LogP contribution in [0.5, 0.6) is 11.5 Å². The predicted octanol–water partition coefficient (Wildman–Crippen LogP) is 1.54. The number of methoxy groups -OCH3 is 2. The summed E-state index contributed by atoms with van der Waals surface area (Å²) in [6.45, 7) is 1.99. The standard InChI is InChI=1S/C14H22N2O3/c1-10-8-11(18-4)9-13(19-5)12(10)6-7-14(17)15-16(2)3/h8-9H,6-7H2,1-5H3,(H,15,17). The monoisotopic (exact) mass is 266 g/mol. The van der Waals surface area contributed by atoms with Crippen molar-refractivity contribution >= 4 is 5.91 Å². The normalized spacial score (nSPS) is 10.4. The van der Waals surface area contributed by atoms with E-state index in [2.05, 4.69) is 5.43 Å². The molecule has 0 bridgehead atoms. The van der Waals surface area contributed by atoms with Crippen LogP contribution in [0.3, 0.4) is 0 Å². The van der Waals surface area contributed by atoms with Crippen LogP contribution in [0.15, 0.2) is 12.1 Å². The Hall–Kier alpha value is -1.75. The van der Waals surface area contributed by atoms with Gasteiger partial charge in [-0.05, 0) is 30.5 Å². The molecule has 1 rings (SSSR count). The van der Waals surface area contributed by atoms with Crippen molar-refractivity contribution in [3.05, 3.63) is 23.3 Å². The van der Waals surface area contributed by atoms with Crippen LogP contribution < -0.4 is 14.9 Å². The lowest BCUT2D eigenvalue weighted by molar-refractivity contribution is -0.124. The second kappa shape index (κ2) is 6.99. The van der Waals surface area contributed by atoms with Crippen molar-refractivity contribution in [2.75, 3.05) is 28.3 Å². The van der Waals surface area contributed by atoms with Gasteiger partial charge in [-0.3, -0.25) is 10.2 Å². The molecule has 1 aromatic carbocycles. The lowest BCUT2D eigenvalue weighted by Gasteiger charge is -2.15. The van der Waals surface area contributed by atoms with Crippen molar-refractivity contribution in [1.29, 1.82) is 0 Å². The first kappa shape index (κ1) is 15.3. The number of nitrogens with zero attached hydrogens (tertiary/aromatic N) is 1. The Kier molecular flexibility index (Phi) is 5.63. The van der Waals surface area contributed by atoms with Gasteiger partial charge in [0.2, 0.25) is 5.91 Å². The Morgan fingerprint density at radius 3 is 2.47 bits per heavy atom. The molecular formula is C14H22N2O3. The van der Waals surface area contributed by atoms with E-state index in [9.17, 15) is 4.79 Å². The van der Waals surface area contributed by atoms with E-state index >= 15 is 0 Å². The van der Waals surface area contributed by atoms with Crippen LogP contribution in [0.2, 0.25) is 0 Å². The highest BCUT2D eigenvalue weighted by Gasteiger charge is 2.11. The Morgan fingerprint density at radius 1 is 1.26 bits per heavy atom. The third kappa shape index (κ3) is 4.44. The van der Waals surface area contributed by atoms with E-state index in [1.54, 1.807) is 33.3 Å². The average Bonchev–Trinajstić information content (AvgIpc) is 2.35. The lowest BCUT2D eigenvalue weighted by Crippen LogP contribution is -2.36. The number of rotatable bonds is 6. The summed E-state index contributed by atoms with van der Waals surface area (Å²) in [6.07, 6.45) is 1.06. The van der Waals surface area contributed by atoms with E-state index in [4.69, 9.17) is 9.47 Å². The fourth-order valence-corrected chi connectivity index (χ4v) is 1.92. The quantitative estimate of drug-likeness (QED) is 0.794. The molecule has 5 heteroatoms. The van der Waals surface area contributed by atoms with Crippen LogP contribution >= 0.6 is 0 Å². The van der Waals surface area contributed by atoms with Gasteiger partial charge in [0.25, 0.3) is 0 Å². The first-order chi connectivity index (χ1) is 8.97. The van der Waals surface area contributed by atoms with Crippen molar-refractivity contribution < 1.29 is 14.3 Å². The average molecular weight is 266 g/mol. The highest BCUT2D eigenvalue weighted by molar-refractivity contribution is 5.75. The van der Waals surface area contributed by atoms with Crippen molar-refractivity contribution in [3.63, 3.8) is 0 Å². The zero-order chi connectivity index (χ0) is 14.4. The van der Waals surface area contributed by atoms with Crippen LogP contribution in [0, 0.1) is 6.92 Å². The molecule has 0 unspecified atom stereocenters. The molecule has 0 spiro atoms. The fraction of sp³-hybridized carbons (Fsp3) is 0.500. The van der Waals surface area contributed by atoms with Crippen molar-refractivity contribution in [2.45, 2.75) is 19.8 Å². The maximum atomic E-state index is 11.6. The minimum atomic E-state index is -0.0118. The summed E-state index contributed by atoms with van der Waals surface area (Å²) in [5, 5.41) is 1.64. The van der Waals surface area contributed by atoms with E-state index in [0.717, 1.165) is 22.6 Å². The van der Waals surface area contributed by atoms with E-state index < -0.39 is 0 Å². The largest absolute Gasteiger partial charge is 0.497 e. The van der Waals surface area contributed by atoms with Gasteiger partial charge in [-0.2, -0.15) is 0 Å². The lowest BCUT2D eigenvalue weighted by atomic mass is 10.0. The fourth-order valence-electron chi connectivity index (χ4n) is 1.92. The molecule has 0 radical (unpaired) electrons. The van der Waals surface area contributed by atoms with Gasteiger partial charge in [0.05, 0.1) is 14.2 Å². The van der Waals surface area contributed by atoms with E-state index in [1.807, 2.05) is 19.1 Å². The number of carbonyl (C=O) groups excluding carboxylic acids is 1. The van der Waals surface area contributed by atoms with E-state index in [-0.39, 0.29) is 5.91 Å². The number of hydrogen-bond donors (Lipinski definition) is 1. The maximum Gasteiger partial charge on any atom is 0.234 e. The number of hydrazine groups is 1. The number of benzene rings is 1. The summed E-state index contributed by atoms with van der Waals surface area (Å²) in [5.41, 5.74) is 4.82. The van der Waals surface area contributed by atoms with Crippen molar-refractivity contribution in [3.8, 4) is 11.5 Å². The summed E-state index contributed by atoms with van der Waals surface area (Å²) in [4.78, 5) is 11.6. The van der Waals surface area contributed by atoms with Crippen molar-refractivity contribution in [1.82, 2.24) is 10.4 Å². The zero-order valence-corrected chi connectivity index (χ0v) is 12.2. The summed E-state index contributed by atoms with van der Waals surface area (Å²) < 4.78 is 10.6. The van der Waals surface area contributed by atoms with E-state index in [0.29, 0.717) is 12.8 Å². The van der Waals surface area contributed by atoms with Crippen LogP contribution in [0.25, 0.3) is 0 Å². The van der Waals surface area contributed by atoms with Gasteiger partial charge in [0.15, 0.2) is 0 Å². The molecule has 5 nitrogen and oxygen atoms in total. The van der Waals surface area contributed by atoms with Gasteiger partial charge in [-0.1, -0.05) is 0 Å². The minimum absolute atomic E-state index is 0.0118. The molecule has 19 heavy (non-hydrogen) atoms.